The van der Waals surface area contributed by atoms with E-state index in [-0.39, 0.29) is 43.1 Å². The molecule has 0 aromatic heterocycles. The fourth-order valence-corrected chi connectivity index (χ4v) is 2.27. The molecule has 0 aliphatic carbocycles. The number of carbonyl (C=O) groups excluding carboxylic acids is 1. The van der Waals surface area contributed by atoms with Crippen molar-refractivity contribution in [3.05, 3.63) is 0 Å². The topological polar surface area (TPSA) is 66.0 Å². The second-order valence-electron chi connectivity index (χ2n) is 6.49. The average molecular weight is 466 g/mol. The van der Waals surface area contributed by atoms with E-state index in [4.69, 9.17) is 4.74 Å². The van der Waals surface area contributed by atoms with Crippen LogP contribution in [0, 0.1) is 0 Å². The van der Waals surface area contributed by atoms with Crippen LogP contribution >= 0.6 is 24.0 Å². The first-order valence-corrected chi connectivity index (χ1v) is 7.46. The fraction of sp³-hybridized carbons (Fsp3) is 0.857. The summed E-state index contributed by atoms with van der Waals surface area (Å²) in [6.45, 7) is 5.00. The van der Waals surface area contributed by atoms with Crippen molar-refractivity contribution in [2.24, 2.45) is 4.99 Å². The summed E-state index contributed by atoms with van der Waals surface area (Å²) in [6.07, 6.45) is -3.60. The van der Waals surface area contributed by atoms with Gasteiger partial charge in [0.1, 0.15) is 12.1 Å². The van der Waals surface area contributed by atoms with Gasteiger partial charge in [-0.3, -0.25) is 14.7 Å². The number of ether oxygens (including phenoxy) is 1. The smallest absolute Gasteiger partial charge is 0.401 e. The maximum Gasteiger partial charge on any atom is 0.401 e. The molecule has 24 heavy (non-hydrogen) atoms. The summed E-state index contributed by atoms with van der Waals surface area (Å²) in [4.78, 5) is 16.9. The lowest BCUT2D eigenvalue weighted by atomic mass is 10.2. The molecule has 0 saturated carbocycles. The maximum atomic E-state index is 12.4. The van der Waals surface area contributed by atoms with E-state index in [1.807, 2.05) is 0 Å². The van der Waals surface area contributed by atoms with Gasteiger partial charge in [0.15, 0.2) is 5.96 Å². The summed E-state index contributed by atoms with van der Waals surface area (Å²) in [5, 5.41) is 5.83. The molecule has 0 aromatic rings. The third kappa shape index (κ3) is 10.2. The fourth-order valence-electron chi connectivity index (χ4n) is 2.27. The summed E-state index contributed by atoms with van der Waals surface area (Å²) in [5.41, 5.74) is -0.570. The van der Waals surface area contributed by atoms with Gasteiger partial charge in [-0.1, -0.05) is 0 Å². The number of likely N-dealkylation sites (tertiary alicyclic amines) is 1. The van der Waals surface area contributed by atoms with Crippen molar-refractivity contribution in [1.82, 2.24) is 15.5 Å². The van der Waals surface area contributed by atoms with Gasteiger partial charge < -0.3 is 15.4 Å². The molecule has 1 aliphatic heterocycles. The zero-order valence-corrected chi connectivity index (χ0v) is 16.7. The summed E-state index contributed by atoms with van der Waals surface area (Å²) >= 11 is 0. The molecule has 0 amide bonds. The standard InChI is InChI=1S/C14H25F3N4O2.HI/c1-13(2,3)23-11(22)7-19-12(18-4)20-10-5-6-21(8-10)9-14(15,16)17;/h10H,5-9H2,1-4H3,(H2,18,19,20);1H. The molecule has 1 unspecified atom stereocenters. The van der Waals surface area contributed by atoms with Crippen LogP contribution in [0.15, 0.2) is 4.99 Å². The monoisotopic (exact) mass is 466 g/mol. The van der Waals surface area contributed by atoms with E-state index in [0.29, 0.717) is 18.9 Å². The van der Waals surface area contributed by atoms with E-state index in [2.05, 4.69) is 15.6 Å². The number of carbonyl (C=O) groups is 1. The second-order valence-corrected chi connectivity index (χ2v) is 6.49. The molecule has 2 N–H and O–H groups in total. The van der Waals surface area contributed by atoms with Crippen molar-refractivity contribution in [3.63, 3.8) is 0 Å². The van der Waals surface area contributed by atoms with E-state index in [0.717, 1.165) is 0 Å². The Kier molecular flexibility index (Phi) is 9.32. The van der Waals surface area contributed by atoms with Crippen molar-refractivity contribution in [2.75, 3.05) is 33.2 Å². The number of esters is 1. The lowest BCUT2D eigenvalue weighted by molar-refractivity contribution is -0.153. The number of halogens is 4. The van der Waals surface area contributed by atoms with Crippen LogP contribution in [0.4, 0.5) is 13.2 Å². The van der Waals surface area contributed by atoms with Crippen molar-refractivity contribution >= 4 is 35.9 Å². The van der Waals surface area contributed by atoms with E-state index in [1.165, 1.54) is 11.9 Å². The molecular formula is C14H26F3IN4O2. The molecule has 0 radical (unpaired) electrons. The third-order valence-electron chi connectivity index (χ3n) is 3.06. The Hall–Kier alpha value is -0.780. The Morgan fingerprint density at radius 3 is 2.46 bits per heavy atom. The Labute approximate surface area is 157 Å². The van der Waals surface area contributed by atoms with E-state index in [1.54, 1.807) is 20.8 Å². The number of hydrogen-bond acceptors (Lipinski definition) is 4. The normalized spacial score (nSPS) is 19.6. The highest BCUT2D eigenvalue weighted by atomic mass is 127. The summed E-state index contributed by atoms with van der Waals surface area (Å²) in [6, 6.07) is -0.137. The second kappa shape index (κ2) is 9.64. The van der Waals surface area contributed by atoms with Crippen LogP contribution in [0.3, 0.4) is 0 Å². The first kappa shape index (κ1) is 23.2. The minimum Gasteiger partial charge on any atom is -0.459 e. The molecule has 1 aliphatic rings. The number of rotatable bonds is 4. The van der Waals surface area contributed by atoms with Crippen molar-refractivity contribution in [3.8, 4) is 0 Å². The molecular weight excluding hydrogens is 440 g/mol. The minimum atomic E-state index is -4.19. The molecule has 1 atom stereocenters. The molecule has 0 aromatic carbocycles. The van der Waals surface area contributed by atoms with Gasteiger partial charge >= 0.3 is 12.1 Å². The minimum absolute atomic E-state index is 0. The van der Waals surface area contributed by atoms with Crippen LogP contribution in [-0.2, 0) is 9.53 Å². The van der Waals surface area contributed by atoms with Crippen LogP contribution in [0.25, 0.3) is 0 Å². The summed E-state index contributed by atoms with van der Waals surface area (Å²) in [5.74, 6) is -0.0553. The Balaban J connectivity index is 0.00000529. The highest BCUT2D eigenvalue weighted by Crippen LogP contribution is 2.19. The molecule has 0 bridgehead atoms. The number of guanidine groups is 1. The zero-order valence-electron chi connectivity index (χ0n) is 14.4. The van der Waals surface area contributed by atoms with E-state index in [9.17, 15) is 18.0 Å². The Morgan fingerprint density at radius 1 is 1.33 bits per heavy atom. The largest absolute Gasteiger partial charge is 0.459 e. The summed E-state index contributed by atoms with van der Waals surface area (Å²) < 4.78 is 42.2. The van der Waals surface area contributed by atoms with Crippen molar-refractivity contribution in [2.45, 2.75) is 45.0 Å². The van der Waals surface area contributed by atoms with E-state index >= 15 is 0 Å². The molecule has 1 heterocycles. The predicted octanol–water partition coefficient (Wildman–Crippen LogP) is 1.75. The van der Waals surface area contributed by atoms with Gasteiger partial charge in [0.05, 0.1) is 6.54 Å². The molecule has 10 heteroatoms. The van der Waals surface area contributed by atoms with Crippen LogP contribution in [0.5, 0.6) is 0 Å². The van der Waals surface area contributed by atoms with Crippen LogP contribution in [0.2, 0.25) is 0 Å². The summed E-state index contributed by atoms with van der Waals surface area (Å²) in [7, 11) is 1.53. The molecule has 6 nitrogen and oxygen atoms in total. The molecule has 1 fully saturated rings. The third-order valence-corrected chi connectivity index (χ3v) is 3.06. The van der Waals surface area contributed by atoms with Gasteiger partial charge in [0.25, 0.3) is 0 Å². The highest BCUT2D eigenvalue weighted by Gasteiger charge is 2.34. The van der Waals surface area contributed by atoms with Gasteiger partial charge in [-0.15, -0.1) is 24.0 Å². The Bertz CT molecular complexity index is 439. The Morgan fingerprint density at radius 2 is 1.96 bits per heavy atom. The van der Waals surface area contributed by atoms with Crippen molar-refractivity contribution in [1.29, 1.82) is 0 Å². The predicted molar refractivity (Wildman–Crippen MR) is 96.7 cm³/mol. The first-order valence-electron chi connectivity index (χ1n) is 7.46. The molecule has 0 spiro atoms. The molecule has 142 valence electrons. The van der Waals surface area contributed by atoms with Crippen LogP contribution in [0.1, 0.15) is 27.2 Å². The van der Waals surface area contributed by atoms with Gasteiger partial charge in [-0.25, -0.2) is 0 Å². The number of alkyl halides is 3. The van der Waals surface area contributed by atoms with Crippen LogP contribution in [-0.4, -0.2) is 67.9 Å². The van der Waals surface area contributed by atoms with E-state index < -0.39 is 24.3 Å². The van der Waals surface area contributed by atoms with Crippen LogP contribution < -0.4 is 10.6 Å². The number of aliphatic imine (C=N–C) groups is 1. The SMILES string of the molecule is CN=C(NCC(=O)OC(C)(C)C)NC1CCN(CC(F)(F)F)C1.I. The van der Waals surface area contributed by atoms with Gasteiger partial charge in [-0.2, -0.15) is 13.2 Å². The number of nitrogens with one attached hydrogen (secondary N) is 2. The lowest BCUT2D eigenvalue weighted by Crippen LogP contribution is -2.47. The number of hydrogen-bond donors (Lipinski definition) is 2. The van der Waals surface area contributed by atoms with Crippen molar-refractivity contribution < 1.29 is 22.7 Å². The van der Waals surface area contributed by atoms with Gasteiger partial charge in [0, 0.05) is 26.2 Å². The van der Waals surface area contributed by atoms with Gasteiger partial charge in [-0.05, 0) is 27.2 Å². The lowest BCUT2D eigenvalue weighted by Gasteiger charge is -2.21. The van der Waals surface area contributed by atoms with Gasteiger partial charge in [0.2, 0.25) is 0 Å². The molecule has 1 rings (SSSR count). The number of nitrogens with zero attached hydrogens (tertiary/aromatic N) is 2. The average Bonchev–Trinajstić information content (AvgIpc) is 2.77. The first-order chi connectivity index (χ1) is 10.5. The highest BCUT2D eigenvalue weighted by molar-refractivity contribution is 14.0. The molecule has 1 saturated heterocycles. The maximum absolute atomic E-state index is 12.4. The zero-order chi connectivity index (χ0) is 17.7. The quantitative estimate of drug-likeness (QED) is 0.286.